The van der Waals surface area contributed by atoms with Crippen LogP contribution in [0.1, 0.15) is 17.5 Å². The second-order valence-corrected chi connectivity index (χ2v) is 5.40. The number of nitrogens with two attached hydrogens (primary N) is 1. The first kappa shape index (κ1) is 13.6. The van der Waals surface area contributed by atoms with Crippen LogP contribution in [0.3, 0.4) is 0 Å². The maximum absolute atomic E-state index is 10.7. The number of carbonyl (C=O) groups is 1. The SMILES string of the molecule is Cc1ccc(-n2cnnc2SCCC(N)=O)c(C)c1. The van der Waals surface area contributed by atoms with E-state index in [2.05, 4.69) is 36.2 Å². The summed E-state index contributed by atoms with van der Waals surface area (Å²) in [6, 6.07) is 6.22. The van der Waals surface area contributed by atoms with Gasteiger partial charge in [0.2, 0.25) is 5.91 Å². The van der Waals surface area contributed by atoms with Crippen molar-refractivity contribution in [1.82, 2.24) is 14.8 Å². The molecular weight excluding hydrogens is 260 g/mol. The number of nitrogens with zero attached hydrogens (tertiary/aromatic N) is 3. The highest BCUT2D eigenvalue weighted by Gasteiger charge is 2.09. The minimum absolute atomic E-state index is 0.301. The van der Waals surface area contributed by atoms with Crippen molar-refractivity contribution in [2.45, 2.75) is 25.4 Å². The minimum atomic E-state index is -0.301. The Bertz CT molecular complexity index is 594. The molecule has 1 heterocycles. The van der Waals surface area contributed by atoms with Gasteiger partial charge in [-0.2, -0.15) is 0 Å². The smallest absolute Gasteiger partial charge is 0.218 e. The van der Waals surface area contributed by atoms with Crippen molar-refractivity contribution < 1.29 is 4.79 Å². The van der Waals surface area contributed by atoms with Crippen LogP contribution in [0.4, 0.5) is 0 Å². The molecule has 5 nitrogen and oxygen atoms in total. The fourth-order valence-electron chi connectivity index (χ4n) is 1.81. The molecule has 1 aromatic heterocycles. The van der Waals surface area contributed by atoms with Gasteiger partial charge >= 0.3 is 0 Å². The standard InChI is InChI=1S/C13H16N4OS/c1-9-3-4-11(10(2)7-9)17-8-15-16-13(17)19-6-5-12(14)18/h3-4,7-8H,5-6H2,1-2H3,(H2,14,18). The molecule has 0 aliphatic carbocycles. The molecule has 6 heteroatoms. The van der Waals surface area contributed by atoms with E-state index in [1.165, 1.54) is 17.3 Å². The number of benzene rings is 1. The highest BCUT2D eigenvalue weighted by Crippen LogP contribution is 2.22. The Morgan fingerprint density at radius 2 is 2.21 bits per heavy atom. The molecule has 19 heavy (non-hydrogen) atoms. The van der Waals surface area contributed by atoms with Gasteiger partial charge in [-0.05, 0) is 25.5 Å². The van der Waals surface area contributed by atoms with Crippen LogP contribution in [0.15, 0.2) is 29.7 Å². The Morgan fingerprint density at radius 3 is 2.89 bits per heavy atom. The Labute approximate surface area is 116 Å². The number of rotatable bonds is 5. The molecule has 1 aromatic carbocycles. The average molecular weight is 276 g/mol. The normalized spacial score (nSPS) is 10.6. The van der Waals surface area contributed by atoms with Gasteiger partial charge in [-0.15, -0.1) is 10.2 Å². The second kappa shape index (κ2) is 5.88. The summed E-state index contributed by atoms with van der Waals surface area (Å²) in [4.78, 5) is 10.7. The van der Waals surface area contributed by atoms with Crippen molar-refractivity contribution in [3.05, 3.63) is 35.7 Å². The molecule has 0 radical (unpaired) electrons. The number of thioether (sulfide) groups is 1. The van der Waals surface area contributed by atoms with Gasteiger partial charge in [0.05, 0.1) is 5.69 Å². The van der Waals surface area contributed by atoms with Gasteiger partial charge < -0.3 is 5.73 Å². The van der Waals surface area contributed by atoms with Crippen LogP contribution in [0.5, 0.6) is 0 Å². The molecular formula is C13H16N4OS. The zero-order valence-electron chi connectivity index (χ0n) is 11.0. The van der Waals surface area contributed by atoms with Crippen molar-refractivity contribution in [2.75, 3.05) is 5.75 Å². The van der Waals surface area contributed by atoms with E-state index in [1.807, 2.05) is 10.6 Å². The number of carbonyl (C=O) groups excluding carboxylic acids is 1. The molecule has 0 bridgehead atoms. The van der Waals surface area contributed by atoms with Gasteiger partial charge in [-0.3, -0.25) is 9.36 Å². The van der Waals surface area contributed by atoms with Crippen molar-refractivity contribution in [1.29, 1.82) is 0 Å². The summed E-state index contributed by atoms with van der Waals surface area (Å²) in [7, 11) is 0. The molecule has 0 unspecified atom stereocenters. The zero-order chi connectivity index (χ0) is 13.8. The molecule has 1 amide bonds. The third kappa shape index (κ3) is 3.35. The summed E-state index contributed by atoms with van der Waals surface area (Å²) in [5, 5.41) is 8.78. The number of amides is 1. The summed E-state index contributed by atoms with van der Waals surface area (Å²) in [6.45, 7) is 4.12. The molecule has 0 aliphatic rings. The maximum atomic E-state index is 10.7. The van der Waals surface area contributed by atoms with E-state index in [0.29, 0.717) is 12.2 Å². The Morgan fingerprint density at radius 1 is 1.42 bits per heavy atom. The molecule has 0 fully saturated rings. The maximum Gasteiger partial charge on any atom is 0.218 e. The van der Waals surface area contributed by atoms with Crippen molar-refractivity contribution in [3.8, 4) is 5.69 Å². The van der Waals surface area contributed by atoms with Gasteiger partial charge in [-0.25, -0.2) is 0 Å². The van der Waals surface area contributed by atoms with E-state index in [1.54, 1.807) is 6.33 Å². The first-order valence-corrected chi connectivity index (χ1v) is 6.95. The van der Waals surface area contributed by atoms with Crippen LogP contribution in [0.25, 0.3) is 5.69 Å². The highest BCUT2D eigenvalue weighted by atomic mass is 32.2. The predicted octanol–water partition coefficient (Wildman–Crippen LogP) is 1.85. The quantitative estimate of drug-likeness (QED) is 0.846. The van der Waals surface area contributed by atoms with Gasteiger partial charge in [-0.1, -0.05) is 29.5 Å². The van der Waals surface area contributed by atoms with Gasteiger partial charge in [0, 0.05) is 12.2 Å². The van der Waals surface area contributed by atoms with Gasteiger partial charge in [0.15, 0.2) is 5.16 Å². The van der Waals surface area contributed by atoms with Crippen molar-refractivity contribution in [3.63, 3.8) is 0 Å². The second-order valence-electron chi connectivity index (χ2n) is 4.34. The van der Waals surface area contributed by atoms with Crippen molar-refractivity contribution >= 4 is 17.7 Å². The fraction of sp³-hybridized carbons (Fsp3) is 0.308. The highest BCUT2D eigenvalue weighted by molar-refractivity contribution is 7.99. The number of hydrogen-bond acceptors (Lipinski definition) is 4. The topological polar surface area (TPSA) is 73.8 Å². The van der Waals surface area contributed by atoms with Crippen LogP contribution in [0, 0.1) is 13.8 Å². The predicted molar refractivity (Wildman–Crippen MR) is 75.4 cm³/mol. The Kier molecular flexibility index (Phi) is 4.21. The summed E-state index contributed by atoms with van der Waals surface area (Å²) >= 11 is 1.48. The molecule has 100 valence electrons. The molecule has 2 N–H and O–H groups in total. The fourth-order valence-corrected chi connectivity index (χ4v) is 2.68. The monoisotopic (exact) mass is 276 g/mol. The van der Waals surface area contributed by atoms with Crippen LogP contribution < -0.4 is 5.73 Å². The third-order valence-corrected chi connectivity index (χ3v) is 3.65. The Balaban J connectivity index is 2.21. The minimum Gasteiger partial charge on any atom is -0.370 e. The lowest BCUT2D eigenvalue weighted by atomic mass is 10.1. The molecule has 0 spiro atoms. The number of aryl methyl sites for hydroxylation is 2. The van der Waals surface area contributed by atoms with Crippen LogP contribution in [-0.2, 0) is 4.79 Å². The molecule has 2 aromatic rings. The van der Waals surface area contributed by atoms with E-state index in [0.717, 1.165) is 16.4 Å². The molecule has 2 rings (SSSR count). The lowest BCUT2D eigenvalue weighted by molar-refractivity contribution is -0.117. The lowest BCUT2D eigenvalue weighted by Crippen LogP contribution is -2.11. The van der Waals surface area contributed by atoms with Crippen LogP contribution in [-0.4, -0.2) is 26.4 Å². The molecule has 0 atom stereocenters. The van der Waals surface area contributed by atoms with Crippen LogP contribution in [0.2, 0.25) is 0 Å². The van der Waals surface area contributed by atoms with E-state index in [9.17, 15) is 4.79 Å². The summed E-state index contributed by atoms with van der Waals surface area (Å²) < 4.78 is 1.93. The molecule has 0 saturated carbocycles. The number of hydrogen-bond donors (Lipinski definition) is 1. The van der Waals surface area contributed by atoms with E-state index in [4.69, 9.17) is 5.73 Å². The van der Waals surface area contributed by atoms with E-state index in [-0.39, 0.29) is 5.91 Å². The van der Waals surface area contributed by atoms with E-state index >= 15 is 0 Å². The van der Waals surface area contributed by atoms with Gasteiger partial charge in [0.25, 0.3) is 0 Å². The summed E-state index contributed by atoms with van der Waals surface area (Å²) in [6.07, 6.45) is 2.02. The van der Waals surface area contributed by atoms with E-state index < -0.39 is 0 Å². The van der Waals surface area contributed by atoms with Gasteiger partial charge in [0.1, 0.15) is 6.33 Å². The number of primary amides is 1. The average Bonchev–Trinajstić information content (AvgIpc) is 2.77. The lowest BCUT2D eigenvalue weighted by Gasteiger charge is -2.09. The molecule has 0 aliphatic heterocycles. The largest absolute Gasteiger partial charge is 0.370 e. The summed E-state index contributed by atoms with van der Waals surface area (Å²) in [5.41, 5.74) is 8.56. The third-order valence-electron chi connectivity index (χ3n) is 2.71. The zero-order valence-corrected chi connectivity index (χ0v) is 11.8. The number of aromatic nitrogens is 3. The summed E-state index contributed by atoms with van der Waals surface area (Å²) in [5.74, 6) is 0.309. The molecule has 0 saturated heterocycles. The first-order valence-electron chi connectivity index (χ1n) is 5.96. The Hall–Kier alpha value is -1.82. The van der Waals surface area contributed by atoms with Crippen LogP contribution >= 0.6 is 11.8 Å². The van der Waals surface area contributed by atoms with Crippen molar-refractivity contribution in [2.24, 2.45) is 5.73 Å². The first-order chi connectivity index (χ1) is 9.08.